The highest BCUT2D eigenvalue weighted by Gasteiger charge is 2.09. The van der Waals surface area contributed by atoms with Crippen LogP contribution in [-0.4, -0.2) is 35.9 Å². The number of anilines is 1. The fourth-order valence-corrected chi connectivity index (χ4v) is 2.79. The van der Waals surface area contributed by atoms with Gasteiger partial charge in [-0.1, -0.05) is 16.8 Å². The van der Waals surface area contributed by atoms with Crippen LogP contribution >= 0.6 is 35.6 Å². The summed E-state index contributed by atoms with van der Waals surface area (Å²) in [6, 6.07) is 12.7. The lowest BCUT2D eigenvalue weighted by molar-refractivity contribution is 0.332. The summed E-state index contributed by atoms with van der Waals surface area (Å²) >= 11 is 5.90. The summed E-state index contributed by atoms with van der Waals surface area (Å²) in [5, 5.41) is 7.70. The van der Waals surface area contributed by atoms with Gasteiger partial charge in [-0.15, -0.1) is 24.0 Å². The number of nitrogens with zero attached hydrogens (tertiary/aromatic N) is 3. The number of aromatic nitrogens is 2. The Kier molecular flexibility index (Phi) is 9.86. The first-order valence-corrected chi connectivity index (χ1v) is 10.0. The first kappa shape index (κ1) is 24.7. The van der Waals surface area contributed by atoms with E-state index in [1.807, 2.05) is 44.2 Å². The van der Waals surface area contributed by atoms with Gasteiger partial charge in [0.2, 0.25) is 11.7 Å². The fourth-order valence-electron chi connectivity index (χ4n) is 2.67. The van der Waals surface area contributed by atoms with Crippen LogP contribution in [0.2, 0.25) is 5.02 Å². The zero-order valence-corrected chi connectivity index (χ0v) is 20.4. The number of benzene rings is 2. The molecule has 3 rings (SSSR count). The Morgan fingerprint density at radius 1 is 1.13 bits per heavy atom. The summed E-state index contributed by atoms with van der Waals surface area (Å²) in [4.78, 5) is 8.70. The second kappa shape index (κ2) is 12.4. The first-order chi connectivity index (χ1) is 14.6. The molecule has 0 aliphatic carbocycles. The summed E-state index contributed by atoms with van der Waals surface area (Å²) in [6.45, 7) is 5.33. The van der Waals surface area contributed by atoms with E-state index in [0.29, 0.717) is 54.4 Å². The molecule has 0 aliphatic rings. The van der Waals surface area contributed by atoms with Gasteiger partial charge in [0.05, 0.1) is 25.4 Å². The van der Waals surface area contributed by atoms with Crippen molar-refractivity contribution >= 4 is 47.2 Å². The molecule has 0 radical (unpaired) electrons. The van der Waals surface area contributed by atoms with E-state index in [0.717, 1.165) is 11.3 Å². The number of rotatable bonds is 9. The molecule has 10 heteroatoms. The molecule has 0 fully saturated rings. The minimum absolute atomic E-state index is 0. The molecular weight excluding hydrogens is 533 g/mol. The highest BCUT2D eigenvalue weighted by molar-refractivity contribution is 14.0. The maximum atomic E-state index is 6.03. The van der Waals surface area contributed by atoms with Gasteiger partial charge in [0.25, 0.3) is 0 Å². The average Bonchev–Trinajstić information content (AvgIpc) is 3.20. The van der Waals surface area contributed by atoms with Gasteiger partial charge in [0, 0.05) is 23.1 Å². The standard InChI is InChI=1S/C21H24ClN5O3.HI/c1-3-28-16-9-10-18(29-4-2)17(13-16)25-21(23)24-12-11-19-26-20(27-30-19)14-5-7-15(22)8-6-14;/h5-10,13H,3-4,11-12H2,1-2H3,(H3,23,24,25);1H. The SMILES string of the molecule is CCOc1ccc(OCC)c(NC(N)=NCCc2nc(-c3ccc(Cl)cc3)no2)c1.I. The normalized spacial score (nSPS) is 11.0. The van der Waals surface area contributed by atoms with E-state index in [9.17, 15) is 0 Å². The highest BCUT2D eigenvalue weighted by atomic mass is 127. The van der Waals surface area contributed by atoms with Crippen molar-refractivity contribution in [3.05, 3.63) is 53.4 Å². The number of nitrogens with one attached hydrogen (secondary N) is 1. The molecule has 3 aromatic rings. The van der Waals surface area contributed by atoms with Crippen LogP contribution in [0.5, 0.6) is 11.5 Å². The van der Waals surface area contributed by atoms with Crippen LogP contribution in [0.25, 0.3) is 11.4 Å². The molecule has 2 aromatic carbocycles. The van der Waals surface area contributed by atoms with Crippen molar-refractivity contribution in [1.82, 2.24) is 10.1 Å². The number of nitrogens with two attached hydrogens (primary N) is 1. The van der Waals surface area contributed by atoms with Gasteiger partial charge in [-0.25, -0.2) is 0 Å². The lowest BCUT2D eigenvalue weighted by Crippen LogP contribution is -2.23. The highest BCUT2D eigenvalue weighted by Crippen LogP contribution is 2.29. The number of aliphatic imine (C=N–C) groups is 1. The number of hydrogen-bond donors (Lipinski definition) is 2. The molecule has 0 atom stereocenters. The van der Waals surface area contributed by atoms with Gasteiger partial charge in [-0.3, -0.25) is 4.99 Å². The van der Waals surface area contributed by atoms with Crippen LogP contribution in [0.4, 0.5) is 5.69 Å². The molecule has 31 heavy (non-hydrogen) atoms. The van der Waals surface area contributed by atoms with E-state index in [4.69, 9.17) is 31.3 Å². The van der Waals surface area contributed by atoms with Gasteiger partial charge in [0.1, 0.15) is 11.5 Å². The van der Waals surface area contributed by atoms with Crippen molar-refractivity contribution in [2.45, 2.75) is 20.3 Å². The van der Waals surface area contributed by atoms with E-state index < -0.39 is 0 Å². The van der Waals surface area contributed by atoms with Gasteiger partial charge in [-0.2, -0.15) is 4.98 Å². The topological polar surface area (TPSA) is 108 Å². The second-order valence-electron chi connectivity index (χ2n) is 6.18. The largest absolute Gasteiger partial charge is 0.494 e. The third-order valence-electron chi connectivity index (χ3n) is 4.00. The minimum Gasteiger partial charge on any atom is -0.494 e. The maximum Gasteiger partial charge on any atom is 0.228 e. The molecule has 0 saturated heterocycles. The van der Waals surface area contributed by atoms with E-state index in [1.54, 1.807) is 12.1 Å². The van der Waals surface area contributed by atoms with Crippen molar-refractivity contribution in [3.63, 3.8) is 0 Å². The zero-order valence-electron chi connectivity index (χ0n) is 17.3. The van der Waals surface area contributed by atoms with E-state index in [-0.39, 0.29) is 29.9 Å². The summed E-state index contributed by atoms with van der Waals surface area (Å²) in [7, 11) is 0. The third-order valence-corrected chi connectivity index (χ3v) is 4.25. The number of guanidine groups is 1. The molecule has 166 valence electrons. The van der Waals surface area contributed by atoms with Crippen molar-refractivity contribution in [3.8, 4) is 22.9 Å². The molecule has 1 heterocycles. The zero-order chi connectivity index (χ0) is 21.3. The minimum atomic E-state index is 0. The summed E-state index contributed by atoms with van der Waals surface area (Å²) in [5.41, 5.74) is 7.55. The Morgan fingerprint density at radius 3 is 2.58 bits per heavy atom. The van der Waals surface area contributed by atoms with Crippen molar-refractivity contribution in [2.24, 2.45) is 10.7 Å². The van der Waals surface area contributed by atoms with Crippen LogP contribution in [-0.2, 0) is 6.42 Å². The van der Waals surface area contributed by atoms with Crippen LogP contribution < -0.4 is 20.5 Å². The van der Waals surface area contributed by atoms with Gasteiger partial charge in [-0.05, 0) is 50.2 Å². The van der Waals surface area contributed by atoms with Gasteiger partial charge >= 0.3 is 0 Å². The second-order valence-corrected chi connectivity index (χ2v) is 6.62. The molecule has 3 N–H and O–H groups in total. The van der Waals surface area contributed by atoms with Crippen LogP contribution in [0.3, 0.4) is 0 Å². The predicted octanol–water partition coefficient (Wildman–Crippen LogP) is 4.77. The van der Waals surface area contributed by atoms with Crippen LogP contribution in [0.15, 0.2) is 52.0 Å². The molecule has 1 aromatic heterocycles. The molecule has 0 bridgehead atoms. The van der Waals surface area contributed by atoms with E-state index >= 15 is 0 Å². The monoisotopic (exact) mass is 557 g/mol. The smallest absolute Gasteiger partial charge is 0.228 e. The van der Waals surface area contributed by atoms with Gasteiger partial charge < -0.3 is 25.0 Å². The Balaban J connectivity index is 0.00000341. The van der Waals surface area contributed by atoms with Crippen LogP contribution in [0.1, 0.15) is 19.7 Å². The Morgan fingerprint density at radius 2 is 1.87 bits per heavy atom. The van der Waals surface area contributed by atoms with Crippen molar-refractivity contribution in [1.29, 1.82) is 0 Å². The Hall–Kier alpha value is -2.53. The fraction of sp³-hybridized carbons (Fsp3) is 0.286. The number of hydrogen-bond acceptors (Lipinski definition) is 6. The average molecular weight is 558 g/mol. The van der Waals surface area contributed by atoms with Crippen molar-refractivity contribution < 1.29 is 14.0 Å². The molecular formula is C21H25ClIN5O3. The lowest BCUT2D eigenvalue weighted by Gasteiger charge is -2.13. The molecule has 0 unspecified atom stereocenters. The predicted molar refractivity (Wildman–Crippen MR) is 133 cm³/mol. The summed E-state index contributed by atoms with van der Waals surface area (Å²) in [5.74, 6) is 2.62. The first-order valence-electron chi connectivity index (χ1n) is 9.64. The van der Waals surface area contributed by atoms with E-state index in [2.05, 4.69) is 20.4 Å². The molecule has 0 amide bonds. The van der Waals surface area contributed by atoms with Crippen molar-refractivity contribution in [2.75, 3.05) is 25.1 Å². The Bertz CT molecular complexity index is 995. The molecule has 0 spiro atoms. The summed E-state index contributed by atoms with van der Waals surface area (Å²) < 4.78 is 16.4. The van der Waals surface area contributed by atoms with Gasteiger partial charge in [0.15, 0.2) is 5.96 Å². The number of ether oxygens (including phenoxy) is 2. The third kappa shape index (κ3) is 7.28. The Labute approximate surface area is 203 Å². The molecule has 8 nitrogen and oxygen atoms in total. The maximum absolute atomic E-state index is 6.03. The molecule has 0 aliphatic heterocycles. The van der Waals surface area contributed by atoms with E-state index in [1.165, 1.54) is 0 Å². The molecule has 0 saturated carbocycles. The summed E-state index contributed by atoms with van der Waals surface area (Å²) in [6.07, 6.45) is 0.459. The lowest BCUT2D eigenvalue weighted by atomic mass is 10.2. The van der Waals surface area contributed by atoms with Crippen LogP contribution in [0, 0.1) is 0 Å². The quantitative estimate of drug-likeness (QED) is 0.222. The number of halogens is 2.